The Bertz CT molecular complexity index is 686. The number of benzene rings is 2. The van der Waals surface area contributed by atoms with E-state index in [1.165, 1.54) is 11.6 Å². The number of halogens is 2. The van der Waals surface area contributed by atoms with E-state index in [-0.39, 0.29) is 23.1 Å². The fourth-order valence-electron chi connectivity index (χ4n) is 2.78. The van der Waals surface area contributed by atoms with E-state index in [0.717, 1.165) is 12.2 Å². The fourth-order valence-corrected chi connectivity index (χ4v) is 2.98. The van der Waals surface area contributed by atoms with Gasteiger partial charge in [0.15, 0.2) is 0 Å². The number of Topliss-reactive ketones (excluding diaryl/α,β-unsaturated/α-hetero) is 1. The molecule has 1 atom stereocenters. The molecule has 2 aromatic rings. The second-order valence-corrected chi connectivity index (χ2v) is 5.68. The molecule has 0 aromatic heterocycles. The van der Waals surface area contributed by atoms with Crippen molar-refractivity contribution in [2.45, 2.75) is 18.8 Å². The van der Waals surface area contributed by atoms with Crippen LogP contribution in [0.25, 0.3) is 0 Å². The molecule has 108 valence electrons. The van der Waals surface area contributed by atoms with Gasteiger partial charge in [0.2, 0.25) is 0 Å². The molecule has 0 fully saturated rings. The first-order valence-corrected chi connectivity index (χ1v) is 7.30. The lowest BCUT2D eigenvalue weighted by Gasteiger charge is -2.10. The Morgan fingerprint density at radius 1 is 1.24 bits per heavy atom. The molecule has 21 heavy (non-hydrogen) atoms. The van der Waals surface area contributed by atoms with Crippen LogP contribution in [0.5, 0.6) is 0 Å². The predicted molar refractivity (Wildman–Crippen MR) is 82.4 cm³/mol. The molecule has 0 saturated carbocycles. The van der Waals surface area contributed by atoms with Gasteiger partial charge in [-0.25, -0.2) is 4.39 Å². The van der Waals surface area contributed by atoms with Gasteiger partial charge in [-0.05, 0) is 23.3 Å². The summed E-state index contributed by atoms with van der Waals surface area (Å²) in [5.74, 6) is -0.220. The Balaban J connectivity index is 1.69. The highest BCUT2D eigenvalue weighted by Crippen LogP contribution is 2.33. The number of ketones is 1. The maximum Gasteiger partial charge on any atom is 0.142 e. The Morgan fingerprint density at radius 2 is 2.05 bits per heavy atom. The first-order chi connectivity index (χ1) is 10.1. The molecule has 4 heteroatoms. The van der Waals surface area contributed by atoms with Gasteiger partial charge in [-0.2, -0.15) is 0 Å². The summed E-state index contributed by atoms with van der Waals surface area (Å²) in [5, 5.41) is 3.35. The van der Waals surface area contributed by atoms with Gasteiger partial charge in [0.05, 0.1) is 5.02 Å². The van der Waals surface area contributed by atoms with Crippen molar-refractivity contribution < 1.29 is 9.18 Å². The number of rotatable bonds is 4. The van der Waals surface area contributed by atoms with Crippen molar-refractivity contribution in [2.24, 2.45) is 0 Å². The number of anilines is 1. The van der Waals surface area contributed by atoms with Crippen LogP contribution < -0.4 is 5.32 Å². The van der Waals surface area contributed by atoms with Crippen LogP contribution in [0.4, 0.5) is 10.1 Å². The number of hydrogen-bond acceptors (Lipinski definition) is 2. The first-order valence-electron chi connectivity index (χ1n) is 6.92. The zero-order valence-electron chi connectivity index (χ0n) is 11.4. The molecular formula is C17H15ClFNO. The lowest BCUT2D eigenvalue weighted by atomic mass is 9.93. The summed E-state index contributed by atoms with van der Waals surface area (Å²) in [6.45, 7) is 0.766. The van der Waals surface area contributed by atoms with Crippen LogP contribution in [0.3, 0.4) is 0 Å². The molecule has 1 heterocycles. The van der Waals surface area contributed by atoms with Crippen LogP contribution in [0.1, 0.15) is 23.5 Å². The summed E-state index contributed by atoms with van der Waals surface area (Å²) in [5.41, 5.74) is 2.83. The first kappa shape index (κ1) is 14.1. The average Bonchev–Trinajstić information content (AvgIpc) is 2.87. The summed E-state index contributed by atoms with van der Waals surface area (Å²) in [6.07, 6.45) is 0.617. The van der Waals surface area contributed by atoms with Crippen LogP contribution in [-0.4, -0.2) is 12.3 Å². The summed E-state index contributed by atoms with van der Waals surface area (Å²) in [6, 6.07) is 12.6. The van der Waals surface area contributed by atoms with Gasteiger partial charge in [-0.1, -0.05) is 41.9 Å². The minimum absolute atomic E-state index is 0.0517. The van der Waals surface area contributed by atoms with Gasteiger partial charge in [0.1, 0.15) is 11.6 Å². The zero-order valence-corrected chi connectivity index (χ0v) is 12.2. The van der Waals surface area contributed by atoms with Crippen LogP contribution >= 0.6 is 11.6 Å². The van der Waals surface area contributed by atoms with Gasteiger partial charge in [-0.15, -0.1) is 0 Å². The predicted octanol–water partition coefficient (Wildman–Crippen LogP) is 4.19. The summed E-state index contributed by atoms with van der Waals surface area (Å²) in [4.78, 5) is 12.2. The molecule has 0 saturated heterocycles. The molecule has 1 aliphatic rings. The Morgan fingerprint density at radius 3 is 2.90 bits per heavy atom. The van der Waals surface area contributed by atoms with Crippen LogP contribution in [0.2, 0.25) is 5.02 Å². The Kier molecular flexibility index (Phi) is 3.93. The van der Waals surface area contributed by atoms with Crippen molar-refractivity contribution in [1.29, 1.82) is 0 Å². The van der Waals surface area contributed by atoms with E-state index in [2.05, 4.69) is 5.32 Å². The molecule has 0 spiro atoms. The summed E-state index contributed by atoms with van der Waals surface area (Å²) in [7, 11) is 0. The molecular weight excluding hydrogens is 289 g/mol. The third-order valence-corrected chi connectivity index (χ3v) is 4.26. The van der Waals surface area contributed by atoms with E-state index >= 15 is 0 Å². The maximum atomic E-state index is 13.4. The number of hydrogen-bond donors (Lipinski definition) is 1. The number of carbonyl (C=O) groups is 1. The fraction of sp³-hybridized carbons (Fsp3) is 0.235. The highest BCUT2D eigenvalue weighted by molar-refractivity contribution is 6.31. The minimum atomic E-state index is -0.477. The summed E-state index contributed by atoms with van der Waals surface area (Å²) < 4.78 is 13.4. The lowest BCUT2D eigenvalue weighted by molar-refractivity contribution is -0.118. The van der Waals surface area contributed by atoms with Gasteiger partial charge in [0.25, 0.3) is 0 Å². The number of nitrogens with one attached hydrogen (secondary N) is 1. The van der Waals surface area contributed by atoms with Crippen molar-refractivity contribution >= 4 is 23.1 Å². The van der Waals surface area contributed by atoms with E-state index in [4.69, 9.17) is 11.6 Å². The highest BCUT2D eigenvalue weighted by Gasteiger charge is 2.24. The molecule has 1 aliphatic heterocycles. The lowest BCUT2D eigenvalue weighted by Crippen LogP contribution is -2.11. The molecule has 0 amide bonds. The van der Waals surface area contributed by atoms with Gasteiger partial charge in [-0.3, -0.25) is 4.79 Å². The van der Waals surface area contributed by atoms with E-state index in [1.54, 1.807) is 12.1 Å². The van der Waals surface area contributed by atoms with E-state index in [9.17, 15) is 9.18 Å². The molecule has 1 unspecified atom stereocenters. The maximum absolute atomic E-state index is 13.4. The summed E-state index contributed by atoms with van der Waals surface area (Å²) >= 11 is 5.90. The minimum Gasteiger partial charge on any atom is -0.384 e. The van der Waals surface area contributed by atoms with Gasteiger partial charge >= 0.3 is 0 Å². The smallest absolute Gasteiger partial charge is 0.142 e. The normalized spacial score (nSPS) is 16.4. The zero-order chi connectivity index (χ0) is 14.8. The molecule has 0 bridgehead atoms. The Labute approximate surface area is 127 Å². The monoisotopic (exact) mass is 303 g/mol. The molecule has 2 aromatic carbocycles. The number of para-hydroxylation sites is 1. The third kappa shape index (κ3) is 2.93. The average molecular weight is 304 g/mol. The van der Waals surface area contributed by atoms with Crippen LogP contribution in [0, 0.1) is 5.82 Å². The molecule has 0 radical (unpaired) electrons. The second-order valence-electron chi connectivity index (χ2n) is 5.30. The second kappa shape index (κ2) is 5.86. The Hall–Kier alpha value is -1.87. The van der Waals surface area contributed by atoms with Crippen LogP contribution in [-0.2, 0) is 11.2 Å². The van der Waals surface area contributed by atoms with Crippen molar-refractivity contribution in [1.82, 2.24) is 0 Å². The highest BCUT2D eigenvalue weighted by atomic mass is 35.5. The van der Waals surface area contributed by atoms with E-state index in [0.29, 0.717) is 12.0 Å². The number of fused-ring (bicyclic) bond motifs is 1. The van der Waals surface area contributed by atoms with Crippen molar-refractivity contribution in [2.75, 3.05) is 11.9 Å². The van der Waals surface area contributed by atoms with Crippen molar-refractivity contribution in [3.8, 4) is 0 Å². The van der Waals surface area contributed by atoms with Gasteiger partial charge in [0, 0.05) is 31.0 Å². The topological polar surface area (TPSA) is 29.1 Å². The largest absolute Gasteiger partial charge is 0.384 e. The molecule has 2 nitrogen and oxygen atoms in total. The van der Waals surface area contributed by atoms with E-state index in [1.807, 2.05) is 24.3 Å². The molecule has 3 rings (SSSR count). The third-order valence-electron chi connectivity index (χ3n) is 3.83. The molecule has 0 aliphatic carbocycles. The van der Waals surface area contributed by atoms with E-state index < -0.39 is 5.82 Å². The van der Waals surface area contributed by atoms with Crippen molar-refractivity contribution in [3.05, 3.63) is 64.4 Å². The number of carbonyl (C=O) groups excluding carboxylic acids is 1. The van der Waals surface area contributed by atoms with Crippen molar-refractivity contribution in [3.63, 3.8) is 0 Å². The SMILES string of the molecule is O=C(Cc1cccc(F)c1Cl)CC1CNc2ccccc21. The quantitative estimate of drug-likeness (QED) is 0.917. The van der Waals surface area contributed by atoms with Gasteiger partial charge < -0.3 is 5.32 Å². The van der Waals surface area contributed by atoms with Crippen LogP contribution in [0.15, 0.2) is 42.5 Å². The molecule has 1 N–H and O–H groups in total. The standard InChI is InChI=1S/C17H15ClFNO/c18-17-11(4-3-6-15(17)19)8-13(21)9-12-10-20-16-7-2-1-5-14(12)16/h1-7,12,20H,8-10H2.